The number of hydrogen-bond acceptors (Lipinski definition) is 6. The Kier molecular flexibility index (Phi) is 4.90. The molecule has 1 aromatic heterocycles. The van der Waals surface area contributed by atoms with Crippen molar-refractivity contribution in [1.29, 1.82) is 0 Å². The van der Waals surface area contributed by atoms with Gasteiger partial charge in [-0.1, -0.05) is 0 Å². The first-order valence-corrected chi connectivity index (χ1v) is 9.72. The fraction of sp³-hybridized carbons (Fsp3) is 0.579. The van der Waals surface area contributed by atoms with Gasteiger partial charge in [-0.2, -0.15) is 9.67 Å². The number of benzene rings is 1. The lowest BCUT2D eigenvalue weighted by atomic mass is 9.79. The van der Waals surface area contributed by atoms with Gasteiger partial charge in [0.1, 0.15) is 5.82 Å². The number of anilines is 3. The maximum atomic E-state index is 14.8. The standard InChI is InChI=1S/C19H28FN7/c1-25-8-4-13(5-9-25)14-6-10-26(11-7-14)17-3-2-15(12-16(17)20)27-19(22)23-18(21)24-27/h2-3,12-14H,4-11H2,1H3,(H4,21,22,23,24). The Morgan fingerprint density at radius 3 is 2.19 bits per heavy atom. The summed E-state index contributed by atoms with van der Waals surface area (Å²) in [6.07, 6.45) is 4.88. The first-order chi connectivity index (χ1) is 13.0. The zero-order chi connectivity index (χ0) is 19.0. The highest BCUT2D eigenvalue weighted by Gasteiger charge is 2.29. The molecule has 1 aromatic carbocycles. The highest BCUT2D eigenvalue weighted by molar-refractivity contribution is 5.54. The van der Waals surface area contributed by atoms with Crippen molar-refractivity contribution in [2.45, 2.75) is 25.7 Å². The molecule has 0 unspecified atom stereocenters. The SMILES string of the molecule is CN1CCC(C2CCN(c3ccc(-n4nc(N)nc4N)cc3F)CC2)CC1. The van der Waals surface area contributed by atoms with Gasteiger partial charge in [-0.05, 0) is 69.8 Å². The largest absolute Gasteiger partial charge is 0.369 e. The van der Waals surface area contributed by atoms with E-state index < -0.39 is 0 Å². The Balaban J connectivity index is 1.42. The van der Waals surface area contributed by atoms with E-state index in [1.165, 1.54) is 36.7 Å². The molecule has 2 aliphatic heterocycles. The lowest BCUT2D eigenvalue weighted by molar-refractivity contribution is 0.154. The zero-order valence-corrected chi connectivity index (χ0v) is 15.8. The van der Waals surface area contributed by atoms with Crippen LogP contribution in [0.25, 0.3) is 5.69 Å². The van der Waals surface area contributed by atoms with Crippen molar-refractivity contribution in [2.75, 3.05) is 49.6 Å². The zero-order valence-electron chi connectivity index (χ0n) is 15.8. The maximum Gasteiger partial charge on any atom is 0.241 e. The van der Waals surface area contributed by atoms with Crippen molar-refractivity contribution >= 4 is 17.6 Å². The number of nitrogens with zero attached hydrogens (tertiary/aromatic N) is 5. The van der Waals surface area contributed by atoms with Crippen molar-refractivity contribution in [3.05, 3.63) is 24.0 Å². The molecule has 0 radical (unpaired) electrons. The summed E-state index contributed by atoms with van der Waals surface area (Å²) in [5.74, 6) is 1.57. The Morgan fingerprint density at radius 1 is 1.00 bits per heavy atom. The first-order valence-electron chi connectivity index (χ1n) is 9.72. The predicted molar refractivity (Wildman–Crippen MR) is 105 cm³/mol. The van der Waals surface area contributed by atoms with Crippen LogP contribution < -0.4 is 16.4 Å². The molecule has 2 fully saturated rings. The van der Waals surface area contributed by atoms with E-state index in [1.54, 1.807) is 6.07 Å². The van der Waals surface area contributed by atoms with Gasteiger partial charge in [0.2, 0.25) is 11.9 Å². The Bertz CT molecular complexity index is 789. The molecule has 0 aliphatic carbocycles. The number of aromatic nitrogens is 3. The minimum absolute atomic E-state index is 0.0768. The smallest absolute Gasteiger partial charge is 0.241 e. The third-order valence-electron chi connectivity index (χ3n) is 6.13. The van der Waals surface area contributed by atoms with Crippen molar-refractivity contribution < 1.29 is 4.39 Å². The fourth-order valence-electron chi connectivity index (χ4n) is 4.53. The molecule has 2 aliphatic rings. The molecule has 146 valence electrons. The number of rotatable bonds is 3. The third kappa shape index (κ3) is 3.71. The number of hydrogen-bond donors (Lipinski definition) is 2. The molecule has 7 nitrogen and oxygen atoms in total. The second-order valence-corrected chi connectivity index (χ2v) is 7.84. The van der Waals surface area contributed by atoms with Gasteiger partial charge in [-0.25, -0.2) is 4.39 Å². The molecule has 4 N–H and O–H groups in total. The number of likely N-dealkylation sites (tertiary alicyclic amines) is 1. The van der Waals surface area contributed by atoms with Crippen molar-refractivity contribution in [3.63, 3.8) is 0 Å². The molecule has 4 rings (SSSR count). The van der Waals surface area contributed by atoms with Gasteiger partial charge in [0.15, 0.2) is 0 Å². The molecular weight excluding hydrogens is 345 g/mol. The molecule has 27 heavy (non-hydrogen) atoms. The fourth-order valence-corrected chi connectivity index (χ4v) is 4.53. The lowest BCUT2D eigenvalue weighted by Gasteiger charge is -2.40. The van der Waals surface area contributed by atoms with E-state index in [2.05, 4.69) is 26.9 Å². The highest BCUT2D eigenvalue weighted by Crippen LogP contribution is 2.34. The minimum atomic E-state index is -0.265. The van der Waals surface area contributed by atoms with Crippen molar-refractivity contribution in [1.82, 2.24) is 19.7 Å². The van der Waals surface area contributed by atoms with Gasteiger partial charge in [-0.15, -0.1) is 5.10 Å². The van der Waals surface area contributed by atoms with E-state index in [0.29, 0.717) is 11.4 Å². The number of piperidine rings is 2. The van der Waals surface area contributed by atoms with Gasteiger partial charge < -0.3 is 21.3 Å². The molecule has 2 saturated heterocycles. The Morgan fingerprint density at radius 2 is 1.63 bits per heavy atom. The van der Waals surface area contributed by atoms with Gasteiger partial charge in [0, 0.05) is 19.2 Å². The van der Waals surface area contributed by atoms with E-state index in [9.17, 15) is 4.39 Å². The van der Waals surface area contributed by atoms with E-state index in [-0.39, 0.29) is 17.7 Å². The molecule has 0 saturated carbocycles. The van der Waals surface area contributed by atoms with Crippen LogP contribution in [0.2, 0.25) is 0 Å². The van der Waals surface area contributed by atoms with E-state index in [4.69, 9.17) is 11.5 Å². The van der Waals surface area contributed by atoms with E-state index in [1.807, 2.05) is 6.07 Å². The van der Waals surface area contributed by atoms with Crippen LogP contribution in [-0.4, -0.2) is 52.9 Å². The average molecular weight is 373 g/mol. The molecule has 0 atom stereocenters. The van der Waals surface area contributed by atoms with Crippen LogP contribution in [0.5, 0.6) is 0 Å². The molecule has 3 heterocycles. The predicted octanol–water partition coefficient (Wildman–Crippen LogP) is 2.13. The van der Waals surface area contributed by atoms with Gasteiger partial charge in [0.25, 0.3) is 0 Å². The van der Waals surface area contributed by atoms with Crippen LogP contribution in [0, 0.1) is 17.7 Å². The molecule has 2 aromatic rings. The number of nitrogens with two attached hydrogens (primary N) is 2. The summed E-state index contributed by atoms with van der Waals surface area (Å²) < 4.78 is 16.1. The normalized spacial score (nSPS) is 20.3. The second kappa shape index (κ2) is 7.34. The molecule has 0 bridgehead atoms. The molecular formula is C19H28FN7. The highest BCUT2D eigenvalue weighted by atomic mass is 19.1. The summed E-state index contributed by atoms with van der Waals surface area (Å²) in [6, 6.07) is 5.06. The van der Waals surface area contributed by atoms with Crippen LogP contribution in [0.15, 0.2) is 18.2 Å². The minimum Gasteiger partial charge on any atom is -0.369 e. The van der Waals surface area contributed by atoms with Crippen LogP contribution in [0.4, 0.5) is 22.0 Å². The summed E-state index contributed by atoms with van der Waals surface area (Å²) in [7, 11) is 2.20. The second-order valence-electron chi connectivity index (χ2n) is 7.84. The first kappa shape index (κ1) is 18.0. The molecule has 0 amide bonds. The summed E-state index contributed by atoms with van der Waals surface area (Å²) in [5.41, 5.74) is 12.5. The topological polar surface area (TPSA) is 89.2 Å². The Hall–Kier alpha value is -2.35. The average Bonchev–Trinajstić information content (AvgIpc) is 3.01. The number of nitrogen functional groups attached to an aromatic ring is 2. The van der Waals surface area contributed by atoms with Crippen molar-refractivity contribution in [2.24, 2.45) is 11.8 Å². The molecule has 8 heteroatoms. The van der Waals surface area contributed by atoms with Gasteiger partial charge in [0.05, 0.1) is 11.4 Å². The van der Waals surface area contributed by atoms with Crippen LogP contribution in [0.1, 0.15) is 25.7 Å². The summed E-state index contributed by atoms with van der Waals surface area (Å²) >= 11 is 0. The number of halogens is 1. The Labute approximate surface area is 159 Å². The van der Waals surface area contributed by atoms with Crippen LogP contribution >= 0.6 is 0 Å². The third-order valence-corrected chi connectivity index (χ3v) is 6.13. The van der Waals surface area contributed by atoms with E-state index >= 15 is 0 Å². The summed E-state index contributed by atoms with van der Waals surface area (Å²) in [5, 5.41) is 4.01. The van der Waals surface area contributed by atoms with Crippen LogP contribution in [-0.2, 0) is 0 Å². The van der Waals surface area contributed by atoms with E-state index in [0.717, 1.165) is 37.8 Å². The quantitative estimate of drug-likeness (QED) is 0.857. The monoisotopic (exact) mass is 373 g/mol. The summed E-state index contributed by atoms with van der Waals surface area (Å²) in [4.78, 5) is 8.43. The summed E-state index contributed by atoms with van der Waals surface area (Å²) in [6.45, 7) is 4.23. The maximum absolute atomic E-state index is 14.8. The molecule has 0 spiro atoms. The van der Waals surface area contributed by atoms with Gasteiger partial charge in [-0.3, -0.25) is 0 Å². The van der Waals surface area contributed by atoms with Crippen molar-refractivity contribution in [3.8, 4) is 5.69 Å². The van der Waals surface area contributed by atoms with Crippen LogP contribution in [0.3, 0.4) is 0 Å². The lowest BCUT2D eigenvalue weighted by Crippen LogP contribution is -2.40. The van der Waals surface area contributed by atoms with Gasteiger partial charge >= 0.3 is 0 Å².